The number of methoxy groups -OCH3 is 1. The highest BCUT2D eigenvalue weighted by Crippen LogP contribution is 2.22. The molecule has 0 aliphatic carbocycles. The van der Waals surface area contributed by atoms with E-state index in [0.29, 0.717) is 17.9 Å². The van der Waals surface area contributed by atoms with E-state index < -0.39 is 0 Å². The van der Waals surface area contributed by atoms with E-state index in [9.17, 15) is 0 Å². The summed E-state index contributed by atoms with van der Waals surface area (Å²) in [5, 5.41) is 3.24. The molecule has 6 heteroatoms. The summed E-state index contributed by atoms with van der Waals surface area (Å²) in [6.45, 7) is 0.562. The van der Waals surface area contributed by atoms with Crippen molar-refractivity contribution in [2.24, 2.45) is 0 Å². The normalized spacial score (nSPS) is 10.5. The molecule has 21 heavy (non-hydrogen) atoms. The highest BCUT2D eigenvalue weighted by molar-refractivity contribution is 5.71. The molecule has 0 fully saturated rings. The first-order chi connectivity index (χ1) is 10.3. The number of hydrogen-bond donors (Lipinski definition) is 2. The highest BCUT2D eigenvalue weighted by Gasteiger charge is 2.05. The number of fused-ring (bicyclic) bond motifs is 1. The monoisotopic (exact) mass is 281 g/mol. The molecule has 2 heterocycles. The van der Waals surface area contributed by atoms with Crippen LogP contribution in [0.3, 0.4) is 0 Å². The van der Waals surface area contributed by atoms with Crippen LogP contribution < -0.4 is 15.8 Å². The first kappa shape index (κ1) is 13.1. The van der Waals surface area contributed by atoms with Gasteiger partial charge in [0, 0.05) is 30.2 Å². The van der Waals surface area contributed by atoms with Crippen molar-refractivity contribution in [2.45, 2.75) is 6.54 Å². The van der Waals surface area contributed by atoms with Gasteiger partial charge in [-0.3, -0.25) is 4.98 Å². The average Bonchev–Trinajstić information content (AvgIpc) is 2.53. The molecule has 3 rings (SSSR count). The van der Waals surface area contributed by atoms with Crippen LogP contribution in [-0.2, 0) is 6.54 Å². The summed E-state index contributed by atoms with van der Waals surface area (Å²) in [6, 6.07) is 9.30. The summed E-state index contributed by atoms with van der Waals surface area (Å²) in [4.78, 5) is 12.8. The molecule has 0 aliphatic heterocycles. The maximum absolute atomic E-state index is 5.81. The van der Waals surface area contributed by atoms with E-state index in [4.69, 9.17) is 10.5 Å². The Hall–Kier alpha value is -2.89. The van der Waals surface area contributed by atoms with Gasteiger partial charge in [-0.15, -0.1) is 0 Å². The van der Waals surface area contributed by atoms with E-state index in [1.54, 1.807) is 19.5 Å². The van der Waals surface area contributed by atoms with E-state index in [2.05, 4.69) is 20.3 Å². The molecule has 0 bridgehead atoms. The van der Waals surface area contributed by atoms with E-state index in [-0.39, 0.29) is 0 Å². The number of ether oxygens (including phenoxy) is 1. The molecule has 0 unspecified atom stereocenters. The standard InChI is InChI=1S/C15H15N5O/c1-21-13-4-2-11(16)8-10(13)9-19-14-5-3-12-15(20-14)18-7-6-17-12/h2-8H,9,16H2,1H3,(H,18,19,20). The minimum absolute atomic E-state index is 0.562. The zero-order valence-electron chi connectivity index (χ0n) is 11.6. The lowest BCUT2D eigenvalue weighted by atomic mass is 10.1. The maximum atomic E-state index is 5.81. The third-order valence-corrected chi connectivity index (χ3v) is 3.10. The molecule has 1 aromatic carbocycles. The van der Waals surface area contributed by atoms with Crippen LogP contribution in [0.4, 0.5) is 11.5 Å². The number of nitrogens with zero attached hydrogens (tertiary/aromatic N) is 3. The van der Waals surface area contributed by atoms with E-state index >= 15 is 0 Å². The van der Waals surface area contributed by atoms with Crippen LogP contribution in [0.1, 0.15) is 5.56 Å². The Kier molecular flexibility index (Phi) is 3.51. The number of nitrogens with one attached hydrogen (secondary N) is 1. The molecule has 0 saturated carbocycles. The first-order valence-corrected chi connectivity index (χ1v) is 6.50. The molecule has 0 atom stereocenters. The van der Waals surface area contributed by atoms with Gasteiger partial charge < -0.3 is 15.8 Å². The molecule has 3 N–H and O–H groups in total. The van der Waals surface area contributed by atoms with Crippen molar-refractivity contribution in [3.05, 3.63) is 48.3 Å². The summed E-state index contributed by atoms with van der Waals surface area (Å²) in [7, 11) is 1.64. The first-order valence-electron chi connectivity index (χ1n) is 6.50. The van der Waals surface area contributed by atoms with Gasteiger partial charge in [-0.25, -0.2) is 9.97 Å². The van der Waals surface area contributed by atoms with Crippen LogP contribution in [0.2, 0.25) is 0 Å². The molecule has 3 aromatic rings. The number of aromatic nitrogens is 3. The smallest absolute Gasteiger partial charge is 0.180 e. The Morgan fingerprint density at radius 2 is 2.00 bits per heavy atom. The molecular formula is C15H15N5O. The number of benzene rings is 1. The number of anilines is 2. The molecular weight excluding hydrogens is 266 g/mol. The summed E-state index contributed by atoms with van der Waals surface area (Å²) in [5.74, 6) is 1.52. The summed E-state index contributed by atoms with van der Waals surface area (Å²) in [5.41, 5.74) is 8.86. The van der Waals surface area contributed by atoms with E-state index in [1.807, 2.05) is 30.3 Å². The van der Waals surface area contributed by atoms with Crippen molar-refractivity contribution in [1.82, 2.24) is 15.0 Å². The number of rotatable bonds is 4. The van der Waals surface area contributed by atoms with Crippen molar-refractivity contribution in [2.75, 3.05) is 18.2 Å². The second-order valence-electron chi connectivity index (χ2n) is 4.52. The fourth-order valence-corrected chi connectivity index (χ4v) is 2.08. The van der Waals surface area contributed by atoms with Gasteiger partial charge in [0.1, 0.15) is 17.1 Å². The van der Waals surface area contributed by atoms with Crippen LogP contribution in [0.15, 0.2) is 42.7 Å². The lowest BCUT2D eigenvalue weighted by Gasteiger charge is -2.11. The van der Waals surface area contributed by atoms with Gasteiger partial charge in [0.25, 0.3) is 0 Å². The van der Waals surface area contributed by atoms with Gasteiger partial charge in [-0.1, -0.05) is 0 Å². The highest BCUT2D eigenvalue weighted by atomic mass is 16.5. The number of nitrogen functional groups attached to an aromatic ring is 1. The lowest BCUT2D eigenvalue weighted by Crippen LogP contribution is -2.04. The molecule has 0 spiro atoms. The second kappa shape index (κ2) is 5.62. The third kappa shape index (κ3) is 2.84. The van der Waals surface area contributed by atoms with Crippen molar-refractivity contribution in [1.29, 1.82) is 0 Å². The number of hydrogen-bond acceptors (Lipinski definition) is 6. The minimum atomic E-state index is 0.562. The topological polar surface area (TPSA) is 86.0 Å². The second-order valence-corrected chi connectivity index (χ2v) is 4.52. The molecule has 0 radical (unpaired) electrons. The molecule has 6 nitrogen and oxygen atoms in total. The molecule has 2 aromatic heterocycles. The SMILES string of the molecule is COc1ccc(N)cc1CNc1ccc2nccnc2n1. The lowest BCUT2D eigenvalue weighted by molar-refractivity contribution is 0.410. The molecule has 106 valence electrons. The summed E-state index contributed by atoms with van der Waals surface area (Å²) >= 11 is 0. The Labute approximate surface area is 122 Å². The van der Waals surface area contributed by atoms with Crippen LogP contribution in [0.5, 0.6) is 5.75 Å². The van der Waals surface area contributed by atoms with Crippen molar-refractivity contribution >= 4 is 22.7 Å². The van der Waals surface area contributed by atoms with Crippen LogP contribution in [0, 0.1) is 0 Å². The number of nitrogens with two attached hydrogens (primary N) is 1. The predicted octanol–water partition coefficient (Wildman–Crippen LogP) is 2.23. The van der Waals surface area contributed by atoms with Crippen molar-refractivity contribution < 1.29 is 4.74 Å². The zero-order valence-corrected chi connectivity index (χ0v) is 11.6. The van der Waals surface area contributed by atoms with Crippen molar-refractivity contribution in [3.8, 4) is 5.75 Å². The van der Waals surface area contributed by atoms with Crippen LogP contribution >= 0.6 is 0 Å². The predicted molar refractivity (Wildman–Crippen MR) is 82.1 cm³/mol. The van der Waals surface area contributed by atoms with E-state index in [0.717, 1.165) is 22.6 Å². The largest absolute Gasteiger partial charge is 0.496 e. The Balaban J connectivity index is 1.81. The summed E-state index contributed by atoms with van der Waals surface area (Å²) in [6.07, 6.45) is 3.27. The third-order valence-electron chi connectivity index (χ3n) is 3.10. The fraction of sp³-hybridized carbons (Fsp3) is 0.133. The van der Waals surface area contributed by atoms with Crippen molar-refractivity contribution in [3.63, 3.8) is 0 Å². The van der Waals surface area contributed by atoms with Gasteiger partial charge >= 0.3 is 0 Å². The van der Waals surface area contributed by atoms with Gasteiger partial charge in [-0.05, 0) is 30.3 Å². The van der Waals surface area contributed by atoms with Gasteiger partial charge in [-0.2, -0.15) is 0 Å². The molecule has 0 saturated heterocycles. The quantitative estimate of drug-likeness (QED) is 0.713. The minimum Gasteiger partial charge on any atom is -0.496 e. The van der Waals surface area contributed by atoms with Crippen LogP contribution in [-0.4, -0.2) is 22.1 Å². The maximum Gasteiger partial charge on any atom is 0.180 e. The molecule has 0 amide bonds. The zero-order chi connectivity index (χ0) is 14.7. The fourth-order valence-electron chi connectivity index (χ4n) is 2.08. The molecule has 0 aliphatic rings. The van der Waals surface area contributed by atoms with Gasteiger partial charge in [0.15, 0.2) is 5.65 Å². The van der Waals surface area contributed by atoms with Gasteiger partial charge in [0.05, 0.1) is 7.11 Å². The van der Waals surface area contributed by atoms with Crippen LogP contribution in [0.25, 0.3) is 11.2 Å². The Morgan fingerprint density at radius 3 is 2.86 bits per heavy atom. The number of pyridine rings is 1. The Morgan fingerprint density at radius 1 is 1.14 bits per heavy atom. The Bertz CT molecular complexity index is 775. The average molecular weight is 281 g/mol. The van der Waals surface area contributed by atoms with Gasteiger partial charge in [0.2, 0.25) is 0 Å². The van der Waals surface area contributed by atoms with E-state index in [1.165, 1.54) is 0 Å². The summed E-state index contributed by atoms with van der Waals surface area (Å²) < 4.78 is 5.32.